The maximum atomic E-state index is 12.3. The number of hydrogen-bond donors (Lipinski definition) is 3. The largest absolute Gasteiger partial charge is 0.478 e. The lowest BCUT2D eigenvalue weighted by Crippen LogP contribution is -2.23. The summed E-state index contributed by atoms with van der Waals surface area (Å²) < 4.78 is 52.9. The molecular formula is C15H16N2O6S2. The minimum atomic E-state index is -4.01. The van der Waals surface area contributed by atoms with Gasteiger partial charge < -0.3 is 5.11 Å². The molecule has 10 heteroatoms. The van der Waals surface area contributed by atoms with E-state index in [1.807, 2.05) is 0 Å². The van der Waals surface area contributed by atoms with Crippen molar-refractivity contribution in [3.05, 3.63) is 54.1 Å². The van der Waals surface area contributed by atoms with E-state index in [2.05, 4.69) is 9.44 Å². The van der Waals surface area contributed by atoms with E-state index in [1.54, 1.807) is 6.92 Å². The van der Waals surface area contributed by atoms with Crippen LogP contribution < -0.4 is 9.44 Å². The highest BCUT2D eigenvalue weighted by molar-refractivity contribution is 7.92. The van der Waals surface area contributed by atoms with Gasteiger partial charge in [-0.05, 0) is 42.5 Å². The fourth-order valence-corrected chi connectivity index (χ4v) is 4.13. The number of carboxylic acid groups (broad SMARTS) is 1. The first-order chi connectivity index (χ1) is 11.7. The molecule has 0 amide bonds. The molecule has 0 unspecified atom stereocenters. The molecule has 2 aromatic carbocycles. The Kier molecular flexibility index (Phi) is 5.45. The first-order valence-electron chi connectivity index (χ1n) is 7.11. The van der Waals surface area contributed by atoms with Crippen LogP contribution in [0.25, 0.3) is 0 Å². The smallest absolute Gasteiger partial charge is 0.335 e. The molecule has 0 fully saturated rings. The number of anilines is 1. The average molecular weight is 384 g/mol. The molecule has 0 saturated carbocycles. The van der Waals surface area contributed by atoms with E-state index in [4.69, 9.17) is 5.11 Å². The van der Waals surface area contributed by atoms with Crippen LogP contribution in [0.3, 0.4) is 0 Å². The van der Waals surface area contributed by atoms with Gasteiger partial charge in [-0.15, -0.1) is 0 Å². The number of rotatable bonds is 7. The van der Waals surface area contributed by atoms with Crippen LogP contribution in [0.15, 0.2) is 58.3 Å². The molecule has 0 bridgehead atoms. The lowest BCUT2D eigenvalue weighted by Gasteiger charge is -2.10. The third-order valence-electron chi connectivity index (χ3n) is 3.14. The molecule has 0 saturated heterocycles. The van der Waals surface area contributed by atoms with Crippen molar-refractivity contribution in [1.82, 2.24) is 4.72 Å². The minimum Gasteiger partial charge on any atom is -0.478 e. The van der Waals surface area contributed by atoms with Crippen molar-refractivity contribution in [2.75, 3.05) is 11.3 Å². The SMILES string of the molecule is CCNS(=O)(=O)c1ccc(NS(=O)(=O)c2cccc(C(=O)O)c2)cc1. The molecule has 0 aliphatic rings. The number of hydrogen-bond acceptors (Lipinski definition) is 5. The normalized spacial score (nSPS) is 11.9. The van der Waals surface area contributed by atoms with E-state index in [0.29, 0.717) is 0 Å². The summed E-state index contributed by atoms with van der Waals surface area (Å²) in [5, 5.41) is 8.94. The van der Waals surface area contributed by atoms with E-state index in [-0.39, 0.29) is 27.6 Å². The molecule has 0 spiro atoms. The second-order valence-electron chi connectivity index (χ2n) is 4.96. The molecule has 2 rings (SSSR count). The van der Waals surface area contributed by atoms with Gasteiger partial charge in [-0.1, -0.05) is 13.0 Å². The second-order valence-corrected chi connectivity index (χ2v) is 8.41. The number of carboxylic acids is 1. The van der Waals surface area contributed by atoms with E-state index >= 15 is 0 Å². The number of carbonyl (C=O) groups is 1. The van der Waals surface area contributed by atoms with Crippen LogP contribution in [-0.2, 0) is 20.0 Å². The zero-order valence-corrected chi connectivity index (χ0v) is 14.8. The fourth-order valence-electron chi connectivity index (χ4n) is 1.99. The quantitative estimate of drug-likeness (QED) is 0.663. The molecule has 0 radical (unpaired) electrons. The van der Waals surface area contributed by atoms with Crippen LogP contribution in [0.2, 0.25) is 0 Å². The lowest BCUT2D eigenvalue weighted by molar-refractivity contribution is 0.0696. The van der Waals surface area contributed by atoms with Gasteiger partial charge in [0.25, 0.3) is 10.0 Å². The molecular weight excluding hydrogens is 368 g/mol. The molecule has 2 aromatic rings. The summed E-state index contributed by atoms with van der Waals surface area (Å²) >= 11 is 0. The van der Waals surface area contributed by atoms with Gasteiger partial charge >= 0.3 is 5.97 Å². The molecule has 0 aliphatic heterocycles. The maximum Gasteiger partial charge on any atom is 0.335 e. The summed E-state index contributed by atoms with van der Waals surface area (Å²) in [6.45, 7) is 1.88. The van der Waals surface area contributed by atoms with Crippen molar-refractivity contribution < 1.29 is 26.7 Å². The van der Waals surface area contributed by atoms with Crippen molar-refractivity contribution in [3.63, 3.8) is 0 Å². The van der Waals surface area contributed by atoms with Gasteiger partial charge in [0.05, 0.1) is 15.4 Å². The molecule has 0 atom stereocenters. The van der Waals surface area contributed by atoms with Crippen molar-refractivity contribution in [2.24, 2.45) is 0 Å². The van der Waals surface area contributed by atoms with Crippen molar-refractivity contribution >= 4 is 31.7 Å². The van der Waals surface area contributed by atoms with Gasteiger partial charge in [-0.25, -0.2) is 26.4 Å². The first-order valence-corrected chi connectivity index (χ1v) is 10.1. The van der Waals surface area contributed by atoms with Gasteiger partial charge in [0.15, 0.2) is 0 Å². The highest BCUT2D eigenvalue weighted by Crippen LogP contribution is 2.19. The maximum absolute atomic E-state index is 12.3. The molecule has 8 nitrogen and oxygen atoms in total. The zero-order valence-electron chi connectivity index (χ0n) is 13.1. The number of sulfonamides is 2. The van der Waals surface area contributed by atoms with Crippen LogP contribution in [0.5, 0.6) is 0 Å². The predicted molar refractivity (Wildman–Crippen MR) is 91.5 cm³/mol. The Bertz CT molecular complexity index is 983. The first kappa shape index (κ1) is 18.9. The van der Waals surface area contributed by atoms with Gasteiger partial charge in [-0.2, -0.15) is 0 Å². The Morgan fingerprint density at radius 3 is 2.16 bits per heavy atom. The summed E-state index contributed by atoms with van der Waals surface area (Å²) in [5.74, 6) is -1.24. The van der Waals surface area contributed by atoms with Crippen LogP contribution in [0.1, 0.15) is 17.3 Å². The van der Waals surface area contributed by atoms with E-state index < -0.39 is 26.0 Å². The molecule has 25 heavy (non-hydrogen) atoms. The second kappa shape index (κ2) is 7.21. The number of aromatic carboxylic acids is 1. The average Bonchev–Trinajstić information content (AvgIpc) is 2.55. The summed E-state index contributed by atoms with van der Waals surface area (Å²) in [6, 6.07) is 10.1. The highest BCUT2D eigenvalue weighted by Gasteiger charge is 2.17. The van der Waals surface area contributed by atoms with Crippen molar-refractivity contribution in [3.8, 4) is 0 Å². The van der Waals surface area contributed by atoms with Crippen molar-refractivity contribution in [1.29, 1.82) is 0 Å². The van der Waals surface area contributed by atoms with Crippen LogP contribution in [0.4, 0.5) is 5.69 Å². The van der Waals surface area contributed by atoms with Gasteiger partial charge in [-0.3, -0.25) is 4.72 Å². The molecule has 0 aliphatic carbocycles. The molecule has 0 aromatic heterocycles. The van der Waals surface area contributed by atoms with E-state index in [0.717, 1.165) is 6.07 Å². The Labute approximate surface area is 145 Å². The van der Waals surface area contributed by atoms with Crippen LogP contribution in [-0.4, -0.2) is 34.5 Å². The monoisotopic (exact) mass is 384 g/mol. The standard InChI is InChI=1S/C15H16N2O6S2/c1-2-16-24(20,21)13-8-6-12(7-9-13)17-25(22,23)14-5-3-4-11(10-14)15(18)19/h3-10,16-17H,2H2,1H3,(H,18,19). The summed E-state index contributed by atoms with van der Waals surface area (Å²) in [4.78, 5) is 10.7. The highest BCUT2D eigenvalue weighted by atomic mass is 32.2. The Balaban J connectivity index is 2.27. The number of nitrogens with one attached hydrogen (secondary N) is 2. The molecule has 134 valence electrons. The van der Waals surface area contributed by atoms with Gasteiger partial charge in [0, 0.05) is 12.2 Å². The number of benzene rings is 2. The predicted octanol–water partition coefficient (Wildman–Crippen LogP) is 1.48. The Hall–Kier alpha value is -2.43. The van der Waals surface area contributed by atoms with Crippen LogP contribution in [0, 0.1) is 0 Å². The molecule has 3 N–H and O–H groups in total. The third-order valence-corrected chi connectivity index (χ3v) is 6.08. The van der Waals surface area contributed by atoms with Crippen molar-refractivity contribution in [2.45, 2.75) is 16.7 Å². The fraction of sp³-hybridized carbons (Fsp3) is 0.133. The summed E-state index contributed by atoms with van der Waals surface area (Å²) in [5.41, 5.74) is -0.00821. The van der Waals surface area contributed by atoms with Gasteiger partial charge in [0.2, 0.25) is 10.0 Å². The summed E-state index contributed by atoms with van der Waals surface area (Å²) in [6.07, 6.45) is 0. The van der Waals surface area contributed by atoms with E-state index in [1.165, 1.54) is 42.5 Å². The zero-order chi connectivity index (χ0) is 18.7. The minimum absolute atomic E-state index is 0.00479. The lowest BCUT2D eigenvalue weighted by atomic mass is 10.2. The topological polar surface area (TPSA) is 130 Å². The Morgan fingerprint density at radius 1 is 0.960 bits per heavy atom. The third kappa shape index (κ3) is 4.56. The van der Waals surface area contributed by atoms with Gasteiger partial charge in [0.1, 0.15) is 0 Å². The Morgan fingerprint density at radius 2 is 1.60 bits per heavy atom. The van der Waals surface area contributed by atoms with E-state index in [9.17, 15) is 21.6 Å². The molecule has 0 heterocycles. The van der Waals surface area contributed by atoms with Crippen LogP contribution >= 0.6 is 0 Å². The summed E-state index contributed by atoms with van der Waals surface area (Å²) in [7, 11) is -7.64.